The van der Waals surface area contributed by atoms with Crippen molar-refractivity contribution in [3.8, 4) is 0 Å². The molecule has 0 heterocycles. The fourth-order valence-electron chi connectivity index (χ4n) is 2.44. The van der Waals surface area contributed by atoms with Crippen molar-refractivity contribution in [1.82, 2.24) is 4.31 Å². The van der Waals surface area contributed by atoms with E-state index in [0.717, 1.165) is 15.6 Å². The van der Waals surface area contributed by atoms with Crippen LogP contribution in [0.25, 0.3) is 0 Å². The van der Waals surface area contributed by atoms with Crippen molar-refractivity contribution < 1.29 is 17.9 Å². The number of aryl methyl sites for hydroxylation is 1. The number of carbonyl (C=O) groups is 1. The Hall–Kier alpha value is -1.70. The van der Waals surface area contributed by atoms with E-state index in [4.69, 9.17) is 4.74 Å². The lowest BCUT2D eigenvalue weighted by Crippen LogP contribution is -2.38. The van der Waals surface area contributed by atoms with Crippen molar-refractivity contribution in [2.45, 2.75) is 25.2 Å². The zero-order valence-electron chi connectivity index (χ0n) is 14.8. The first-order chi connectivity index (χ1) is 12.3. The van der Waals surface area contributed by atoms with E-state index in [1.54, 1.807) is 31.2 Å². The third-order valence-electron chi connectivity index (χ3n) is 3.81. The van der Waals surface area contributed by atoms with Crippen LogP contribution in [-0.4, -0.2) is 38.4 Å². The van der Waals surface area contributed by atoms with Crippen LogP contribution in [-0.2, 0) is 26.0 Å². The Balaban J connectivity index is 2.24. The molecule has 0 atom stereocenters. The summed E-state index contributed by atoms with van der Waals surface area (Å²) in [5, 5.41) is 0. The zero-order chi connectivity index (χ0) is 19.2. The smallest absolute Gasteiger partial charge is 0.321 e. The molecule has 140 valence electrons. The highest BCUT2D eigenvalue weighted by atomic mass is 79.9. The van der Waals surface area contributed by atoms with Crippen LogP contribution in [0.4, 0.5) is 0 Å². The number of benzene rings is 2. The summed E-state index contributed by atoms with van der Waals surface area (Å²) in [6.07, 6.45) is 0.490. The van der Waals surface area contributed by atoms with Crippen LogP contribution in [0.2, 0.25) is 0 Å². The lowest BCUT2D eigenvalue weighted by atomic mass is 10.1. The summed E-state index contributed by atoms with van der Waals surface area (Å²) in [7, 11) is -3.79. The molecule has 0 fully saturated rings. The predicted octanol–water partition coefficient (Wildman–Crippen LogP) is 3.55. The topological polar surface area (TPSA) is 63.7 Å². The number of nitrogens with zero attached hydrogens (tertiary/aromatic N) is 1. The quantitative estimate of drug-likeness (QED) is 0.589. The summed E-state index contributed by atoms with van der Waals surface area (Å²) in [5.41, 5.74) is 1.95. The van der Waals surface area contributed by atoms with Gasteiger partial charge in [0.2, 0.25) is 10.0 Å². The van der Waals surface area contributed by atoms with Crippen molar-refractivity contribution in [2.75, 3.05) is 19.7 Å². The maximum Gasteiger partial charge on any atom is 0.321 e. The predicted molar refractivity (Wildman–Crippen MR) is 104 cm³/mol. The number of rotatable bonds is 8. The van der Waals surface area contributed by atoms with Gasteiger partial charge in [-0.2, -0.15) is 4.31 Å². The molecule has 5 nitrogen and oxygen atoms in total. The molecule has 0 aliphatic carbocycles. The largest absolute Gasteiger partial charge is 0.465 e. The molecule has 0 saturated heterocycles. The Morgan fingerprint density at radius 1 is 1.15 bits per heavy atom. The van der Waals surface area contributed by atoms with Gasteiger partial charge in [-0.1, -0.05) is 45.8 Å². The maximum absolute atomic E-state index is 13.0. The number of esters is 1. The molecule has 0 saturated carbocycles. The van der Waals surface area contributed by atoms with Crippen LogP contribution in [0.3, 0.4) is 0 Å². The average Bonchev–Trinajstić information content (AvgIpc) is 2.59. The van der Waals surface area contributed by atoms with Crippen molar-refractivity contribution in [1.29, 1.82) is 0 Å². The first-order valence-corrected chi connectivity index (χ1v) is 10.5. The normalized spacial score (nSPS) is 11.5. The highest BCUT2D eigenvalue weighted by molar-refractivity contribution is 9.10. The molecule has 0 N–H and O–H groups in total. The second-order valence-corrected chi connectivity index (χ2v) is 8.69. The molecular formula is C19H22BrNO4S. The van der Waals surface area contributed by atoms with E-state index in [-0.39, 0.29) is 24.6 Å². The second kappa shape index (κ2) is 9.30. The van der Waals surface area contributed by atoms with Crippen molar-refractivity contribution in [3.05, 3.63) is 64.1 Å². The maximum atomic E-state index is 13.0. The van der Waals surface area contributed by atoms with Gasteiger partial charge in [0.25, 0.3) is 0 Å². The SMILES string of the molecule is CCOC(=O)CN(CCc1cccc(Br)c1)S(=O)(=O)c1ccc(C)cc1. The Bertz CT molecular complexity index is 850. The number of sulfonamides is 1. The highest BCUT2D eigenvalue weighted by Crippen LogP contribution is 2.18. The number of halogens is 1. The van der Waals surface area contributed by atoms with Crippen LogP contribution in [0.15, 0.2) is 57.9 Å². The standard InChI is InChI=1S/C19H22BrNO4S/c1-3-25-19(22)14-21(12-11-16-5-4-6-17(20)13-16)26(23,24)18-9-7-15(2)8-10-18/h4-10,13H,3,11-12,14H2,1-2H3. The van der Waals surface area contributed by atoms with E-state index in [0.29, 0.717) is 6.42 Å². The highest BCUT2D eigenvalue weighted by Gasteiger charge is 2.27. The molecule has 2 aromatic rings. The Morgan fingerprint density at radius 2 is 1.85 bits per heavy atom. The first-order valence-electron chi connectivity index (χ1n) is 8.30. The molecule has 0 amide bonds. The van der Waals surface area contributed by atoms with Gasteiger partial charge in [-0.15, -0.1) is 0 Å². The van der Waals surface area contributed by atoms with Gasteiger partial charge in [0.1, 0.15) is 6.54 Å². The summed E-state index contributed by atoms with van der Waals surface area (Å²) < 4.78 is 33.0. The zero-order valence-corrected chi connectivity index (χ0v) is 17.2. The minimum atomic E-state index is -3.79. The van der Waals surface area contributed by atoms with Gasteiger partial charge in [0.05, 0.1) is 11.5 Å². The molecule has 0 aliphatic heterocycles. The summed E-state index contributed by atoms with van der Waals surface area (Å²) >= 11 is 3.41. The molecule has 0 bridgehead atoms. The fraction of sp³-hybridized carbons (Fsp3) is 0.316. The van der Waals surface area contributed by atoms with E-state index in [1.165, 1.54) is 4.31 Å². The summed E-state index contributed by atoms with van der Waals surface area (Å²) in [5.74, 6) is -0.558. The van der Waals surface area contributed by atoms with Crippen LogP contribution in [0.1, 0.15) is 18.1 Å². The average molecular weight is 440 g/mol. The van der Waals surface area contributed by atoms with Crippen LogP contribution < -0.4 is 0 Å². The Labute approximate surface area is 163 Å². The van der Waals surface area contributed by atoms with Gasteiger partial charge >= 0.3 is 5.97 Å². The Kier molecular flexibility index (Phi) is 7.37. The van der Waals surface area contributed by atoms with Crippen LogP contribution >= 0.6 is 15.9 Å². The molecule has 7 heteroatoms. The molecule has 2 aromatic carbocycles. The number of hydrogen-bond donors (Lipinski definition) is 0. The molecule has 26 heavy (non-hydrogen) atoms. The molecule has 0 aromatic heterocycles. The van der Waals surface area contributed by atoms with Crippen molar-refractivity contribution >= 4 is 31.9 Å². The monoisotopic (exact) mass is 439 g/mol. The van der Waals surface area contributed by atoms with E-state index in [2.05, 4.69) is 15.9 Å². The van der Waals surface area contributed by atoms with E-state index >= 15 is 0 Å². The van der Waals surface area contributed by atoms with Gasteiger partial charge in [-0.25, -0.2) is 8.42 Å². The number of hydrogen-bond acceptors (Lipinski definition) is 4. The van der Waals surface area contributed by atoms with Gasteiger partial charge in [0, 0.05) is 11.0 Å². The number of carbonyl (C=O) groups excluding carboxylic acids is 1. The fourth-order valence-corrected chi connectivity index (χ4v) is 4.27. The van der Waals surface area contributed by atoms with Gasteiger partial charge < -0.3 is 4.74 Å². The third kappa shape index (κ3) is 5.65. The third-order valence-corrected chi connectivity index (χ3v) is 6.16. The molecule has 0 spiro atoms. The first kappa shape index (κ1) is 20.6. The molecule has 2 rings (SSSR count). The number of ether oxygens (including phenoxy) is 1. The lowest BCUT2D eigenvalue weighted by molar-refractivity contribution is -0.143. The summed E-state index contributed by atoms with van der Waals surface area (Å²) in [6.45, 7) is 3.67. The molecule has 0 aliphatic rings. The van der Waals surface area contributed by atoms with Gasteiger partial charge in [-0.3, -0.25) is 4.79 Å². The minimum Gasteiger partial charge on any atom is -0.465 e. The van der Waals surface area contributed by atoms with Gasteiger partial charge in [0.15, 0.2) is 0 Å². The van der Waals surface area contributed by atoms with Crippen molar-refractivity contribution in [2.24, 2.45) is 0 Å². The Morgan fingerprint density at radius 3 is 2.46 bits per heavy atom. The van der Waals surface area contributed by atoms with Crippen molar-refractivity contribution in [3.63, 3.8) is 0 Å². The van der Waals surface area contributed by atoms with Crippen LogP contribution in [0, 0.1) is 6.92 Å². The molecular weight excluding hydrogens is 418 g/mol. The van der Waals surface area contributed by atoms with E-state index < -0.39 is 16.0 Å². The molecule has 0 unspecified atom stereocenters. The van der Waals surface area contributed by atoms with E-state index in [1.807, 2.05) is 31.2 Å². The van der Waals surface area contributed by atoms with E-state index in [9.17, 15) is 13.2 Å². The lowest BCUT2D eigenvalue weighted by Gasteiger charge is -2.21. The molecule has 0 radical (unpaired) electrons. The van der Waals surface area contributed by atoms with Crippen LogP contribution in [0.5, 0.6) is 0 Å². The minimum absolute atomic E-state index is 0.168. The summed E-state index contributed by atoms with van der Waals surface area (Å²) in [4.78, 5) is 12.1. The second-order valence-electron chi connectivity index (χ2n) is 5.84. The summed E-state index contributed by atoms with van der Waals surface area (Å²) in [6, 6.07) is 14.2. The van der Waals surface area contributed by atoms with Gasteiger partial charge in [-0.05, 0) is 50.1 Å².